The van der Waals surface area contributed by atoms with Gasteiger partial charge in [0.1, 0.15) is 0 Å². The van der Waals surface area contributed by atoms with Gasteiger partial charge in [-0.15, -0.1) is 0 Å². The molecule has 0 fully saturated rings. The Balaban J connectivity index is 2.02. The molecule has 2 rings (SSSR count). The van der Waals surface area contributed by atoms with Gasteiger partial charge in [0.25, 0.3) is 0 Å². The second-order valence-electron chi connectivity index (χ2n) is 5.90. The third-order valence-corrected chi connectivity index (χ3v) is 3.62. The van der Waals surface area contributed by atoms with Crippen molar-refractivity contribution >= 4 is 11.6 Å². The molecule has 1 amide bonds. The quantitative estimate of drug-likeness (QED) is 0.857. The number of fused-ring (bicyclic) bond motifs is 1. The maximum Gasteiger partial charge on any atom is 0.239 e. The first-order chi connectivity index (χ1) is 9.58. The van der Waals surface area contributed by atoms with Crippen LogP contribution in [0.4, 0.5) is 5.69 Å². The Morgan fingerprint density at radius 2 is 2.25 bits per heavy atom. The summed E-state index contributed by atoms with van der Waals surface area (Å²) in [7, 11) is 1.99. The predicted molar refractivity (Wildman–Crippen MR) is 83.0 cm³/mol. The Kier molecular flexibility index (Phi) is 5.01. The number of likely N-dealkylation sites (N-methyl/N-ethyl adjacent to an activating group) is 1. The van der Waals surface area contributed by atoms with Crippen LogP contribution in [0, 0.1) is 5.92 Å². The minimum atomic E-state index is 0.0857. The van der Waals surface area contributed by atoms with Crippen molar-refractivity contribution in [1.82, 2.24) is 10.6 Å². The molecular weight excluding hydrogens is 250 g/mol. The van der Waals surface area contributed by atoms with Gasteiger partial charge < -0.3 is 15.5 Å². The van der Waals surface area contributed by atoms with E-state index in [4.69, 9.17) is 0 Å². The van der Waals surface area contributed by atoms with Gasteiger partial charge >= 0.3 is 0 Å². The number of hydrogen-bond donors (Lipinski definition) is 2. The van der Waals surface area contributed by atoms with Crippen molar-refractivity contribution in [3.8, 4) is 0 Å². The number of carbonyl (C=O) groups is 1. The van der Waals surface area contributed by atoms with Gasteiger partial charge in [0, 0.05) is 25.8 Å². The number of hydrogen-bond acceptors (Lipinski definition) is 3. The fourth-order valence-corrected chi connectivity index (χ4v) is 2.53. The molecule has 1 aromatic carbocycles. The minimum Gasteiger partial charge on any atom is -0.365 e. The van der Waals surface area contributed by atoms with Gasteiger partial charge in [0.15, 0.2) is 0 Å². The van der Waals surface area contributed by atoms with E-state index in [0.717, 1.165) is 31.7 Å². The lowest BCUT2D eigenvalue weighted by molar-refractivity contribution is -0.119. The van der Waals surface area contributed by atoms with E-state index in [9.17, 15) is 4.79 Å². The molecule has 1 aliphatic heterocycles. The van der Waals surface area contributed by atoms with Crippen molar-refractivity contribution in [2.75, 3.05) is 31.6 Å². The predicted octanol–water partition coefficient (Wildman–Crippen LogP) is 1.54. The molecule has 2 N–H and O–H groups in total. The Labute approximate surface area is 121 Å². The van der Waals surface area contributed by atoms with Gasteiger partial charge in [0.2, 0.25) is 5.91 Å². The summed E-state index contributed by atoms with van der Waals surface area (Å²) in [5, 5.41) is 6.37. The molecule has 0 radical (unpaired) electrons. The fraction of sp³-hybridized carbons (Fsp3) is 0.562. The Morgan fingerprint density at radius 1 is 1.45 bits per heavy atom. The number of amides is 1. The summed E-state index contributed by atoms with van der Waals surface area (Å²) in [6.07, 6.45) is 1.07. The summed E-state index contributed by atoms with van der Waals surface area (Å²) in [6.45, 7) is 7.27. The minimum absolute atomic E-state index is 0.0857. The van der Waals surface area contributed by atoms with Crippen molar-refractivity contribution in [1.29, 1.82) is 0 Å². The van der Waals surface area contributed by atoms with Crippen LogP contribution in [0.2, 0.25) is 0 Å². The van der Waals surface area contributed by atoms with Crippen molar-refractivity contribution in [3.05, 3.63) is 29.3 Å². The van der Waals surface area contributed by atoms with Crippen LogP contribution in [-0.4, -0.2) is 32.6 Å². The maximum absolute atomic E-state index is 11.9. The number of carbonyl (C=O) groups excluding carboxylic acids is 1. The number of nitrogens with zero attached hydrogens (tertiary/aromatic N) is 1. The van der Waals surface area contributed by atoms with E-state index in [2.05, 4.69) is 42.7 Å². The molecule has 1 aliphatic rings. The van der Waals surface area contributed by atoms with Crippen molar-refractivity contribution < 1.29 is 4.79 Å². The van der Waals surface area contributed by atoms with Crippen LogP contribution in [0.1, 0.15) is 25.0 Å². The standard InChI is InChI=1S/C16H25N3O/c1-12(2)9-18-16(20)11-19(3)15-6-4-5-13-7-8-17-10-14(13)15/h4-6,12,17H,7-11H2,1-3H3,(H,18,20). The lowest BCUT2D eigenvalue weighted by atomic mass is 9.99. The second kappa shape index (κ2) is 6.75. The van der Waals surface area contributed by atoms with Crippen LogP contribution < -0.4 is 15.5 Å². The van der Waals surface area contributed by atoms with Gasteiger partial charge in [-0.2, -0.15) is 0 Å². The summed E-state index contributed by atoms with van der Waals surface area (Å²) in [6, 6.07) is 6.37. The zero-order valence-electron chi connectivity index (χ0n) is 12.7. The third-order valence-electron chi connectivity index (χ3n) is 3.62. The van der Waals surface area contributed by atoms with Crippen molar-refractivity contribution in [2.45, 2.75) is 26.8 Å². The van der Waals surface area contributed by atoms with E-state index in [0.29, 0.717) is 12.5 Å². The largest absolute Gasteiger partial charge is 0.365 e. The summed E-state index contributed by atoms with van der Waals surface area (Å²) < 4.78 is 0. The van der Waals surface area contributed by atoms with Crippen LogP contribution in [-0.2, 0) is 17.8 Å². The Morgan fingerprint density at radius 3 is 3.00 bits per heavy atom. The van der Waals surface area contributed by atoms with Crippen LogP contribution in [0.25, 0.3) is 0 Å². The SMILES string of the molecule is CC(C)CNC(=O)CN(C)c1cccc2c1CNCC2. The molecular formula is C16H25N3O. The summed E-state index contributed by atoms with van der Waals surface area (Å²) >= 11 is 0. The molecule has 0 saturated carbocycles. The molecule has 0 saturated heterocycles. The first-order valence-electron chi connectivity index (χ1n) is 7.37. The van der Waals surface area contributed by atoms with Crippen molar-refractivity contribution in [2.24, 2.45) is 5.92 Å². The van der Waals surface area contributed by atoms with Gasteiger partial charge in [-0.25, -0.2) is 0 Å². The van der Waals surface area contributed by atoms with Gasteiger partial charge in [-0.05, 0) is 36.1 Å². The normalized spacial score (nSPS) is 14.0. The average Bonchev–Trinajstić information content (AvgIpc) is 2.44. The molecule has 0 unspecified atom stereocenters. The van der Waals surface area contributed by atoms with Gasteiger partial charge in [0.05, 0.1) is 6.54 Å². The molecule has 0 bridgehead atoms. The smallest absolute Gasteiger partial charge is 0.239 e. The van der Waals surface area contributed by atoms with Crippen LogP contribution in [0.5, 0.6) is 0 Å². The highest BCUT2D eigenvalue weighted by atomic mass is 16.2. The lowest BCUT2D eigenvalue weighted by Crippen LogP contribution is -2.37. The van der Waals surface area contributed by atoms with E-state index in [1.54, 1.807) is 0 Å². The molecule has 4 nitrogen and oxygen atoms in total. The summed E-state index contributed by atoms with van der Waals surface area (Å²) in [4.78, 5) is 14.0. The Hall–Kier alpha value is -1.55. The van der Waals surface area contributed by atoms with E-state index < -0.39 is 0 Å². The summed E-state index contributed by atoms with van der Waals surface area (Å²) in [5.74, 6) is 0.570. The number of anilines is 1. The first kappa shape index (κ1) is 14.9. The van der Waals surface area contributed by atoms with Crippen molar-refractivity contribution in [3.63, 3.8) is 0 Å². The average molecular weight is 275 g/mol. The molecule has 110 valence electrons. The van der Waals surface area contributed by atoms with Gasteiger partial charge in [-0.3, -0.25) is 4.79 Å². The number of nitrogens with one attached hydrogen (secondary N) is 2. The van der Waals surface area contributed by atoms with Crippen LogP contribution in [0.3, 0.4) is 0 Å². The fourth-order valence-electron chi connectivity index (χ4n) is 2.53. The zero-order chi connectivity index (χ0) is 14.5. The van der Waals surface area contributed by atoms with Crippen LogP contribution >= 0.6 is 0 Å². The molecule has 1 aromatic rings. The first-order valence-corrected chi connectivity index (χ1v) is 7.37. The Bertz CT molecular complexity index is 471. The second-order valence-corrected chi connectivity index (χ2v) is 5.90. The van der Waals surface area contributed by atoms with E-state index in [1.807, 2.05) is 11.9 Å². The summed E-state index contributed by atoms with van der Waals surface area (Å²) in [5.41, 5.74) is 3.89. The molecule has 4 heteroatoms. The zero-order valence-corrected chi connectivity index (χ0v) is 12.7. The topological polar surface area (TPSA) is 44.4 Å². The van der Waals surface area contributed by atoms with E-state index >= 15 is 0 Å². The lowest BCUT2D eigenvalue weighted by Gasteiger charge is -2.26. The van der Waals surface area contributed by atoms with Gasteiger partial charge in [-0.1, -0.05) is 26.0 Å². The van der Waals surface area contributed by atoms with E-state index in [-0.39, 0.29) is 5.91 Å². The molecule has 1 heterocycles. The van der Waals surface area contributed by atoms with E-state index in [1.165, 1.54) is 11.1 Å². The third kappa shape index (κ3) is 3.73. The molecule has 0 aromatic heterocycles. The highest BCUT2D eigenvalue weighted by Gasteiger charge is 2.16. The molecule has 20 heavy (non-hydrogen) atoms. The monoisotopic (exact) mass is 275 g/mol. The maximum atomic E-state index is 11.9. The number of rotatable bonds is 5. The highest BCUT2D eigenvalue weighted by Crippen LogP contribution is 2.25. The molecule has 0 atom stereocenters. The number of benzene rings is 1. The highest BCUT2D eigenvalue weighted by molar-refractivity contribution is 5.81. The molecule has 0 spiro atoms. The van der Waals surface area contributed by atoms with Crippen LogP contribution in [0.15, 0.2) is 18.2 Å². The molecule has 0 aliphatic carbocycles.